The molecule has 5 heteroatoms. The second-order valence-electron chi connectivity index (χ2n) is 4.44. The monoisotopic (exact) mass is 357 g/mol. The summed E-state index contributed by atoms with van der Waals surface area (Å²) in [5, 5.41) is 3.14. The topological polar surface area (TPSA) is 21.3 Å². The lowest BCUT2D eigenvalue weighted by Gasteiger charge is -2.13. The number of nitrogens with one attached hydrogen (secondary N) is 1. The second-order valence-corrected chi connectivity index (χ2v) is 5.70. The minimum absolute atomic E-state index is 0.0589. The van der Waals surface area contributed by atoms with E-state index in [1.54, 1.807) is 0 Å². The zero-order valence-corrected chi connectivity index (χ0v) is 13.5. The van der Waals surface area contributed by atoms with Crippen molar-refractivity contribution in [2.45, 2.75) is 13.5 Å². The largest absolute Gasteiger partial charge is 0.456 e. The van der Waals surface area contributed by atoms with Crippen LogP contribution in [0.1, 0.15) is 11.1 Å². The van der Waals surface area contributed by atoms with E-state index < -0.39 is 5.82 Å². The molecule has 106 valence electrons. The van der Waals surface area contributed by atoms with Crippen LogP contribution >= 0.6 is 27.5 Å². The average molecular weight is 359 g/mol. The lowest BCUT2D eigenvalue weighted by Crippen LogP contribution is -2.06. The van der Waals surface area contributed by atoms with Crippen molar-refractivity contribution in [3.63, 3.8) is 0 Å². The molecule has 0 heterocycles. The summed E-state index contributed by atoms with van der Waals surface area (Å²) in [5.74, 6) is 0.577. The van der Waals surface area contributed by atoms with Gasteiger partial charge in [0.15, 0.2) is 0 Å². The van der Waals surface area contributed by atoms with Crippen molar-refractivity contribution in [1.82, 2.24) is 5.32 Å². The van der Waals surface area contributed by atoms with Crippen molar-refractivity contribution >= 4 is 27.5 Å². The summed E-state index contributed by atoms with van der Waals surface area (Å²) in [6.45, 7) is 2.69. The van der Waals surface area contributed by atoms with Crippen molar-refractivity contribution in [2.24, 2.45) is 0 Å². The van der Waals surface area contributed by atoms with Crippen molar-refractivity contribution in [2.75, 3.05) is 7.05 Å². The summed E-state index contributed by atoms with van der Waals surface area (Å²) in [7, 11) is 1.87. The first-order valence-electron chi connectivity index (χ1n) is 6.08. The summed E-state index contributed by atoms with van der Waals surface area (Å²) in [4.78, 5) is 0. The van der Waals surface area contributed by atoms with E-state index in [4.69, 9.17) is 16.3 Å². The number of benzene rings is 2. The molecule has 0 radical (unpaired) electrons. The van der Waals surface area contributed by atoms with Gasteiger partial charge in [-0.05, 0) is 42.0 Å². The van der Waals surface area contributed by atoms with E-state index in [9.17, 15) is 4.39 Å². The lowest BCUT2D eigenvalue weighted by atomic mass is 10.1. The van der Waals surface area contributed by atoms with E-state index in [1.165, 1.54) is 12.1 Å². The molecular formula is C15H14BrClFNO. The fourth-order valence-electron chi connectivity index (χ4n) is 1.84. The van der Waals surface area contributed by atoms with Crippen molar-refractivity contribution < 1.29 is 9.13 Å². The van der Waals surface area contributed by atoms with Crippen molar-refractivity contribution in [3.05, 3.63) is 56.8 Å². The predicted molar refractivity (Wildman–Crippen MR) is 83.1 cm³/mol. The molecule has 2 rings (SSSR count). The van der Waals surface area contributed by atoms with Crippen LogP contribution in [0.3, 0.4) is 0 Å². The van der Waals surface area contributed by atoms with Crippen molar-refractivity contribution in [3.8, 4) is 11.5 Å². The molecule has 0 amide bonds. The van der Waals surface area contributed by atoms with Crippen LogP contribution in [0, 0.1) is 12.7 Å². The van der Waals surface area contributed by atoms with Gasteiger partial charge in [-0.25, -0.2) is 4.39 Å². The van der Waals surface area contributed by atoms with Gasteiger partial charge >= 0.3 is 0 Å². The molecule has 20 heavy (non-hydrogen) atoms. The van der Waals surface area contributed by atoms with Gasteiger partial charge in [-0.3, -0.25) is 0 Å². The van der Waals surface area contributed by atoms with Crippen LogP contribution in [0.5, 0.6) is 11.5 Å². The molecule has 2 nitrogen and oxygen atoms in total. The first-order chi connectivity index (χ1) is 9.51. The minimum Gasteiger partial charge on any atom is -0.456 e. The van der Waals surface area contributed by atoms with Crippen LogP contribution in [0.2, 0.25) is 5.02 Å². The highest BCUT2D eigenvalue weighted by Gasteiger charge is 2.11. The standard InChI is InChI=1S/C15H14BrClFNO/c1-9-3-4-14(10(5-9)8-19-2)20-15-7-13(18)12(17)6-11(15)16/h3-7,19H,8H2,1-2H3. The second kappa shape index (κ2) is 6.57. The molecule has 0 atom stereocenters. The van der Waals surface area contributed by atoms with E-state index in [0.717, 1.165) is 11.1 Å². The summed E-state index contributed by atoms with van der Waals surface area (Å²) in [6, 6.07) is 8.62. The lowest BCUT2D eigenvalue weighted by molar-refractivity contribution is 0.466. The fourth-order valence-corrected chi connectivity index (χ4v) is 2.56. The Kier molecular flexibility index (Phi) is 5.02. The Balaban J connectivity index is 2.37. The first-order valence-corrected chi connectivity index (χ1v) is 7.25. The van der Waals surface area contributed by atoms with Gasteiger partial charge in [0.2, 0.25) is 0 Å². The Morgan fingerprint density at radius 3 is 2.70 bits per heavy atom. The SMILES string of the molecule is CNCc1cc(C)ccc1Oc1cc(F)c(Cl)cc1Br. The predicted octanol–water partition coefficient (Wildman–Crippen LogP) is 5.06. The number of hydrogen-bond acceptors (Lipinski definition) is 2. The maximum Gasteiger partial charge on any atom is 0.145 e. The molecule has 2 aromatic rings. The number of halogens is 3. The average Bonchev–Trinajstić information content (AvgIpc) is 2.39. The smallest absolute Gasteiger partial charge is 0.145 e. The van der Waals surface area contributed by atoms with Gasteiger partial charge in [0, 0.05) is 18.2 Å². The Bertz CT molecular complexity index is 634. The molecule has 0 saturated heterocycles. The minimum atomic E-state index is -0.507. The van der Waals surface area contributed by atoms with Crippen LogP contribution in [0.4, 0.5) is 4.39 Å². The van der Waals surface area contributed by atoms with Crippen LogP contribution in [-0.4, -0.2) is 7.05 Å². The summed E-state index contributed by atoms with van der Waals surface area (Å²) < 4.78 is 19.9. The fraction of sp³-hybridized carbons (Fsp3) is 0.200. The van der Waals surface area contributed by atoms with Crippen LogP contribution in [0.25, 0.3) is 0 Å². The van der Waals surface area contributed by atoms with E-state index in [1.807, 2.05) is 32.2 Å². The number of aryl methyl sites for hydroxylation is 1. The highest BCUT2D eigenvalue weighted by molar-refractivity contribution is 9.10. The van der Waals surface area contributed by atoms with E-state index >= 15 is 0 Å². The molecule has 0 aliphatic carbocycles. The summed E-state index contributed by atoms with van der Waals surface area (Å²) in [6.07, 6.45) is 0. The van der Waals surface area contributed by atoms with E-state index in [0.29, 0.717) is 22.5 Å². The quantitative estimate of drug-likeness (QED) is 0.771. The normalized spacial score (nSPS) is 10.7. The molecule has 0 aromatic heterocycles. The first kappa shape index (κ1) is 15.3. The highest BCUT2D eigenvalue weighted by atomic mass is 79.9. The van der Waals surface area contributed by atoms with Crippen LogP contribution in [0.15, 0.2) is 34.8 Å². The third kappa shape index (κ3) is 3.51. The Morgan fingerprint density at radius 2 is 2.00 bits per heavy atom. The van der Waals surface area contributed by atoms with Crippen LogP contribution < -0.4 is 10.1 Å². The van der Waals surface area contributed by atoms with Crippen molar-refractivity contribution in [1.29, 1.82) is 0 Å². The summed E-state index contributed by atoms with van der Waals surface area (Å²) in [5.41, 5.74) is 2.15. The third-order valence-electron chi connectivity index (χ3n) is 2.78. The zero-order valence-electron chi connectivity index (χ0n) is 11.1. The maximum atomic E-state index is 13.5. The molecule has 0 aliphatic rings. The molecule has 1 N–H and O–H groups in total. The molecule has 0 aliphatic heterocycles. The Labute approximate surface area is 131 Å². The van der Waals surface area contributed by atoms with E-state index in [-0.39, 0.29) is 5.02 Å². The molecule has 0 bridgehead atoms. The molecular weight excluding hydrogens is 345 g/mol. The van der Waals surface area contributed by atoms with Gasteiger partial charge in [0.05, 0.1) is 9.50 Å². The zero-order chi connectivity index (χ0) is 14.7. The van der Waals surface area contributed by atoms with Gasteiger partial charge in [-0.2, -0.15) is 0 Å². The molecule has 0 saturated carbocycles. The molecule has 2 aromatic carbocycles. The molecule has 0 unspecified atom stereocenters. The highest BCUT2D eigenvalue weighted by Crippen LogP contribution is 2.35. The number of hydrogen-bond donors (Lipinski definition) is 1. The molecule has 0 spiro atoms. The third-order valence-corrected chi connectivity index (χ3v) is 3.69. The van der Waals surface area contributed by atoms with Gasteiger partial charge < -0.3 is 10.1 Å². The van der Waals surface area contributed by atoms with Gasteiger partial charge in [0.1, 0.15) is 17.3 Å². The molecule has 0 fully saturated rings. The van der Waals surface area contributed by atoms with Gasteiger partial charge in [-0.1, -0.05) is 29.3 Å². The Hall–Kier alpha value is -1.10. The van der Waals surface area contributed by atoms with Gasteiger partial charge in [-0.15, -0.1) is 0 Å². The van der Waals surface area contributed by atoms with Gasteiger partial charge in [0.25, 0.3) is 0 Å². The maximum absolute atomic E-state index is 13.5. The number of rotatable bonds is 4. The summed E-state index contributed by atoms with van der Waals surface area (Å²) >= 11 is 9.05. The number of ether oxygens (including phenoxy) is 1. The van der Waals surface area contributed by atoms with Crippen LogP contribution in [-0.2, 0) is 6.54 Å². The van der Waals surface area contributed by atoms with E-state index in [2.05, 4.69) is 21.2 Å². The Morgan fingerprint density at radius 1 is 1.25 bits per heavy atom.